The molecular weight excluding hydrogens is 318 g/mol. The molecule has 0 N–H and O–H groups in total. The third-order valence-electron chi connectivity index (χ3n) is 7.70. The van der Waals surface area contributed by atoms with E-state index >= 15 is 0 Å². The Labute approximate surface area is 163 Å². The van der Waals surface area contributed by atoms with Gasteiger partial charge in [-0.3, -0.25) is 0 Å². The molecule has 3 aliphatic carbocycles. The zero-order valence-corrected chi connectivity index (χ0v) is 18.5. The number of likely N-dealkylation sites (tertiary alicyclic amines) is 1. The lowest BCUT2D eigenvalue weighted by atomic mass is 9.58. The Morgan fingerprint density at radius 2 is 1.88 bits per heavy atom. The highest BCUT2D eigenvalue weighted by Crippen LogP contribution is 2.51. The van der Waals surface area contributed by atoms with E-state index in [1.165, 1.54) is 64.6 Å². The Hall–Kier alpha value is -0.340. The van der Waals surface area contributed by atoms with Crippen LogP contribution in [0.2, 0.25) is 0 Å². The molecule has 152 valence electrons. The molecule has 1 saturated carbocycles. The Morgan fingerprint density at radius 3 is 2.35 bits per heavy atom. The van der Waals surface area contributed by atoms with Crippen molar-refractivity contribution >= 4 is 0 Å². The molecular formula is C24H45NO. The van der Waals surface area contributed by atoms with Gasteiger partial charge in [0.25, 0.3) is 0 Å². The maximum Gasteiger partial charge on any atom is 0.0889 e. The highest BCUT2D eigenvalue weighted by Gasteiger charge is 2.48. The van der Waals surface area contributed by atoms with Crippen molar-refractivity contribution in [2.75, 3.05) is 26.7 Å². The molecule has 1 heterocycles. The quantitative estimate of drug-likeness (QED) is 0.502. The van der Waals surface area contributed by atoms with Crippen LogP contribution in [0.1, 0.15) is 79.6 Å². The minimum atomic E-state index is 0.0875. The molecule has 2 fully saturated rings. The summed E-state index contributed by atoms with van der Waals surface area (Å²) in [7, 11) is 1.88. The molecule has 0 spiro atoms. The summed E-state index contributed by atoms with van der Waals surface area (Å²) in [5.41, 5.74) is 0.0875. The monoisotopic (exact) mass is 363 g/mol. The lowest BCUT2D eigenvalue weighted by Crippen LogP contribution is -2.50. The summed E-state index contributed by atoms with van der Waals surface area (Å²) in [5.74, 6) is 4.38. The summed E-state index contributed by atoms with van der Waals surface area (Å²) in [6, 6.07) is 0. The maximum atomic E-state index is 5.81. The molecule has 26 heavy (non-hydrogen) atoms. The molecule has 4 rings (SSSR count). The van der Waals surface area contributed by atoms with Gasteiger partial charge in [0, 0.05) is 20.2 Å². The first-order valence-electron chi connectivity index (χ1n) is 11.5. The molecule has 1 saturated heterocycles. The van der Waals surface area contributed by atoms with Crippen LogP contribution in [0.5, 0.6) is 0 Å². The fourth-order valence-corrected chi connectivity index (χ4v) is 5.98. The third kappa shape index (κ3) is 4.73. The van der Waals surface area contributed by atoms with E-state index in [0.29, 0.717) is 0 Å². The van der Waals surface area contributed by atoms with Gasteiger partial charge in [-0.05, 0) is 61.8 Å². The molecule has 4 aliphatic rings. The lowest BCUT2D eigenvalue weighted by Gasteiger charge is -2.52. The zero-order chi connectivity index (χ0) is 19.2. The zero-order valence-electron chi connectivity index (χ0n) is 18.5. The van der Waals surface area contributed by atoms with E-state index in [1.807, 2.05) is 7.11 Å². The predicted molar refractivity (Wildman–Crippen MR) is 113 cm³/mol. The molecule has 0 amide bonds. The molecule has 0 aromatic carbocycles. The van der Waals surface area contributed by atoms with Crippen LogP contribution in [-0.2, 0) is 4.74 Å². The van der Waals surface area contributed by atoms with Crippen LogP contribution in [0.15, 0.2) is 12.2 Å². The second-order valence-corrected chi connectivity index (χ2v) is 9.04. The molecule has 2 heteroatoms. The number of fused-ring (bicyclic) bond motifs is 2. The van der Waals surface area contributed by atoms with Crippen molar-refractivity contribution in [3.8, 4) is 0 Å². The number of ether oxygens (including phenoxy) is 1. The largest absolute Gasteiger partial charge is 0.374 e. The molecule has 0 aromatic heterocycles. The van der Waals surface area contributed by atoms with Crippen molar-refractivity contribution < 1.29 is 4.74 Å². The van der Waals surface area contributed by atoms with Gasteiger partial charge in [-0.1, -0.05) is 66.0 Å². The molecule has 0 aromatic rings. The van der Waals surface area contributed by atoms with Crippen molar-refractivity contribution in [3.63, 3.8) is 0 Å². The number of nitrogens with zero attached hydrogens (tertiary/aromatic N) is 1. The minimum Gasteiger partial charge on any atom is -0.374 e. The Balaban J connectivity index is 0.000000190. The van der Waals surface area contributed by atoms with Gasteiger partial charge in [0.2, 0.25) is 0 Å². The summed E-state index contributed by atoms with van der Waals surface area (Å²) >= 11 is 0. The van der Waals surface area contributed by atoms with Crippen LogP contribution in [0.25, 0.3) is 0 Å². The molecule has 6 unspecified atom stereocenters. The van der Waals surface area contributed by atoms with Gasteiger partial charge in [-0.15, -0.1) is 0 Å². The second-order valence-electron chi connectivity index (χ2n) is 9.04. The number of hydrogen-bond acceptors (Lipinski definition) is 2. The van der Waals surface area contributed by atoms with Gasteiger partial charge in [-0.25, -0.2) is 0 Å². The van der Waals surface area contributed by atoms with Crippen LogP contribution in [-0.4, -0.2) is 37.2 Å². The van der Waals surface area contributed by atoms with E-state index in [4.69, 9.17) is 4.74 Å². The Kier molecular flexibility index (Phi) is 8.67. The van der Waals surface area contributed by atoms with Crippen LogP contribution in [0.4, 0.5) is 0 Å². The van der Waals surface area contributed by atoms with Crippen molar-refractivity contribution in [2.45, 2.75) is 85.2 Å². The summed E-state index contributed by atoms with van der Waals surface area (Å²) in [4.78, 5) is 2.59. The number of allylic oxidation sites excluding steroid dienone is 1. The van der Waals surface area contributed by atoms with Gasteiger partial charge in [0.15, 0.2) is 0 Å². The van der Waals surface area contributed by atoms with Gasteiger partial charge in [0.05, 0.1) is 5.60 Å². The van der Waals surface area contributed by atoms with Gasteiger partial charge in [-0.2, -0.15) is 0 Å². The van der Waals surface area contributed by atoms with Crippen LogP contribution in [0, 0.1) is 29.6 Å². The maximum absolute atomic E-state index is 5.81. The summed E-state index contributed by atoms with van der Waals surface area (Å²) in [5, 5.41) is 0. The van der Waals surface area contributed by atoms with E-state index < -0.39 is 0 Å². The first-order valence-corrected chi connectivity index (χ1v) is 11.5. The third-order valence-corrected chi connectivity index (χ3v) is 7.70. The lowest BCUT2D eigenvalue weighted by molar-refractivity contribution is -0.0919. The number of rotatable bonds is 7. The number of methoxy groups -OCH3 is 1. The topological polar surface area (TPSA) is 12.5 Å². The van der Waals surface area contributed by atoms with E-state index in [9.17, 15) is 0 Å². The standard InChI is InChI=1S/C13H22O.C11H23N/c1-4-11-10-6-8-13(14-3,9-7-10)12(11)5-2;1-4-6-7-11-9-12(5-2)8-10(11)3/h6,8,10-12H,4-5,7,9H2,1-3H3;10-11H,4-9H2,1-3H3. The Morgan fingerprint density at radius 1 is 1.12 bits per heavy atom. The molecule has 2 nitrogen and oxygen atoms in total. The minimum absolute atomic E-state index is 0.0875. The normalized spacial score (nSPS) is 39.1. The predicted octanol–water partition coefficient (Wildman–Crippen LogP) is 6.17. The van der Waals surface area contributed by atoms with Crippen LogP contribution in [0.3, 0.4) is 0 Å². The van der Waals surface area contributed by atoms with Crippen molar-refractivity contribution in [3.05, 3.63) is 12.2 Å². The van der Waals surface area contributed by atoms with E-state index in [0.717, 1.165) is 29.6 Å². The summed E-state index contributed by atoms with van der Waals surface area (Å²) < 4.78 is 5.81. The SMILES string of the molecule is CCC1C2C=CC(OC)(CC2)C1CC.CCCCC1CN(CC)CC1C. The number of unbranched alkanes of at least 4 members (excludes halogenated alkanes) is 1. The van der Waals surface area contributed by atoms with E-state index in [-0.39, 0.29) is 5.60 Å². The van der Waals surface area contributed by atoms with Crippen molar-refractivity contribution in [1.29, 1.82) is 0 Å². The van der Waals surface area contributed by atoms with Gasteiger partial charge >= 0.3 is 0 Å². The Bertz CT molecular complexity index is 434. The van der Waals surface area contributed by atoms with Crippen molar-refractivity contribution in [1.82, 2.24) is 4.90 Å². The highest BCUT2D eigenvalue weighted by atomic mass is 16.5. The molecule has 1 aliphatic heterocycles. The molecule has 6 atom stereocenters. The average molecular weight is 364 g/mol. The summed E-state index contributed by atoms with van der Waals surface area (Å²) in [6.07, 6.45) is 14.1. The fourth-order valence-electron chi connectivity index (χ4n) is 5.98. The molecule has 0 radical (unpaired) electrons. The van der Waals surface area contributed by atoms with Crippen molar-refractivity contribution in [2.24, 2.45) is 29.6 Å². The number of hydrogen-bond donors (Lipinski definition) is 0. The summed E-state index contributed by atoms with van der Waals surface area (Å²) in [6.45, 7) is 15.5. The average Bonchev–Trinajstić information content (AvgIpc) is 3.06. The van der Waals surface area contributed by atoms with Gasteiger partial charge in [0.1, 0.15) is 0 Å². The first-order chi connectivity index (χ1) is 12.5. The van der Waals surface area contributed by atoms with Crippen LogP contribution >= 0.6 is 0 Å². The fraction of sp³-hybridized carbons (Fsp3) is 0.917. The first kappa shape index (κ1) is 22.0. The van der Waals surface area contributed by atoms with E-state index in [1.54, 1.807) is 0 Å². The van der Waals surface area contributed by atoms with E-state index in [2.05, 4.69) is 51.7 Å². The second kappa shape index (κ2) is 10.3. The van der Waals surface area contributed by atoms with Gasteiger partial charge < -0.3 is 9.64 Å². The molecule has 2 bridgehead atoms. The van der Waals surface area contributed by atoms with Crippen LogP contribution < -0.4 is 0 Å². The smallest absolute Gasteiger partial charge is 0.0889 e. The highest BCUT2D eigenvalue weighted by molar-refractivity contribution is 5.18.